The van der Waals surface area contributed by atoms with Crippen LogP contribution in [-0.4, -0.2) is 22.5 Å². The van der Waals surface area contributed by atoms with Gasteiger partial charge in [-0.25, -0.2) is 14.8 Å². The molecule has 90 valence electrons. The number of fused-ring (bicyclic) bond motifs is 1. The molecular formula is C11H11ClN2O2S. The highest BCUT2D eigenvalue weighted by Crippen LogP contribution is 2.32. The van der Waals surface area contributed by atoms with Crippen molar-refractivity contribution in [2.75, 3.05) is 6.61 Å². The molecule has 6 heteroatoms. The molecule has 0 spiro atoms. The third kappa shape index (κ3) is 2.12. The molecule has 0 aromatic carbocycles. The number of carbonyl (C=O) groups excluding carboxylic acids is 1. The van der Waals surface area contributed by atoms with Crippen molar-refractivity contribution in [3.8, 4) is 0 Å². The number of carbonyl (C=O) groups is 1. The van der Waals surface area contributed by atoms with Crippen molar-refractivity contribution < 1.29 is 9.53 Å². The number of hydrogen-bond donors (Lipinski definition) is 0. The monoisotopic (exact) mass is 270 g/mol. The normalized spacial score (nSPS) is 10.8. The molecule has 0 aliphatic rings. The van der Waals surface area contributed by atoms with E-state index in [1.165, 1.54) is 11.3 Å². The van der Waals surface area contributed by atoms with Crippen molar-refractivity contribution in [2.45, 2.75) is 20.8 Å². The second-order valence-electron chi connectivity index (χ2n) is 3.52. The summed E-state index contributed by atoms with van der Waals surface area (Å²) < 4.78 is 4.85. The lowest BCUT2D eigenvalue weighted by atomic mass is 10.2. The van der Waals surface area contributed by atoms with Crippen molar-refractivity contribution in [3.63, 3.8) is 0 Å². The average molecular weight is 271 g/mol. The first-order chi connectivity index (χ1) is 8.04. The van der Waals surface area contributed by atoms with Crippen LogP contribution in [0, 0.1) is 13.8 Å². The molecule has 2 aromatic heterocycles. The first-order valence-corrected chi connectivity index (χ1v) is 6.34. The minimum absolute atomic E-state index is 0.0191. The number of hydrogen-bond acceptors (Lipinski definition) is 5. The van der Waals surface area contributed by atoms with Crippen LogP contribution in [0.1, 0.15) is 28.0 Å². The van der Waals surface area contributed by atoms with E-state index < -0.39 is 5.97 Å². The van der Waals surface area contributed by atoms with Gasteiger partial charge < -0.3 is 4.74 Å². The summed E-state index contributed by atoms with van der Waals surface area (Å²) >= 11 is 7.57. The lowest BCUT2D eigenvalue weighted by Crippen LogP contribution is -2.09. The van der Waals surface area contributed by atoms with E-state index in [1.54, 1.807) is 6.92 Å². The summed E-state index contributed by atoms with van der Waals surface area (Å²) in [5.41, 5.74) is 1.06. The first-order valence-electron chi connectivity index (χ1n) is 5.15. The van der Waals surface area contributed by atoms with E-state index in [0.717, 1.165) is 20.7 Å². The van der Waals surface area contributed by atoms with Gasteiger partial charge in [0.15, 0.2) is 0 Å². The SMILES string of the molecule is CCOC(=O)c1nc(Cl)c2c(C)c(C)sc2n1. The zero-order valence-electron chi connectivity index (χ0n) is 9.70. The van der Waals surface area contributed by atoms with Gasteiger partial charge in [-0.05, 0) is 26.3 Å². The molecular weight excluding hydrogens is 260 g/mol. The third-order valence-electron chi connectivity index (χ3n) is 2.44. The summed E-state index contributed by atoms with van der Waals surface area (Å²) in [5.74, 6) is -0.523. The van der Waals surface area contributed by atoms with Crippen molar-refractivity contribution in [3.05, 3.63) is 21.4 Å². The van der Waals surface area contributed by atoms with E-state index in [2.05, 4.69) is 9.97 Å². The molecule has 0 saturated heterocycles. The molecule has 0 bridgehead atoms. The second kappa shape index (κ2) is 4.58. The Kier molecular flexibility index (Phi) is 3.31. The fourth-order valence-electron chi connectivity index (χ4n) is 1.49. The smallest absolute Gasteiger partial charge is 0.376 e. The summed E-state index contributed by atoms with van der Waals surface area (Å²) in [6.45, 7) is 5.98. The number of nitrogens with zero attached hydrogens (tertiary/aromatic N) is 2. The van der Waals surface area contributed by atoms with E-state index in [1.807, 2.05) is 13.8 Å². The molecule has 17 heavy (non-hydrogen) atoms. The highest BCUT2D eigenvalue weighted by Gasteiger charge is 2.17. The molecule has 0 unspecified atom stereocenters. The Balaban J connectivity index is 2.60. The van der Waals surface area contributed by atoms with E-state index in [0.29, 0.717) is 11.8 Å². The second-order valence-corrected chi connectivity index (χ2v) is 5.08. The van der Waals surface area contributed by atoms with Crippen LogP contribution in [0.5, 0.6) is 0 Å². The molecule has 0 aliphatic carbocycles. The topological polar surface area (TPSA) is 52.1 Å². The van der Waals surface area contributed by atoms with Crippen LogP contribution >= 0.6 is 22.9 Å². The Morgan fingerprint density at radius 2 is 2.12 bits per heavy atom. The molecule has 0 atom stereocenters. The Labute approximate surface area is 108 Å². The maximum Gasteiger partial charge on any atom is 0.376 e. The molecule has 0 saturated carbocycles. The van der Waals surface area contributed by atoms with Gasteiger partial charge in [0.2, 0.25) is 5.82 Å². The first kappa shape index (κ1) is 12.3. The van der Waals surface area contributed by atoms with Crippen molar-refractivity contribution in [1.29, 1.82) is 0 Å². The van der Waals surface area contributed by atoms with Crippen molar-refractivity contribution in [1.82, 2.24) is 9.97 Å². The quantitative estimate of drug-likeness (QED) is 0.621. The van der Waals surface area contributed by atoms with Crippen LogP contribution < -0.4 is 0 Å². The number of esters is 1. The molecule has 0 radical (unpaired) electrons. The number of aryl methyl sites for hydroxylation is 2. The van der Waals surface area contributed by atoms with Gasteiger partial charge in [0.25, 0.3) is 0 Å². The number of thiophene rings is 1. The van der Waals surface area contributed by atoms with Crippen molar-refractivity contribution in [2.24, 2.45) is 0 Å². The van der Waals surface area contributed by atoms with Crippen LogP contribution in [0.4, 0.5) is 0 Å². The zero-order chi connectivity index (χ0) is 12.6. The van der Waals surface area contributed by atoms with Crippen LogP contribution in [0.25, 0.3) is 10.2 Å². The summed E-state index contributed by atoms with van der Waals surface area (Å²) in [5, 5.41) is 1.13. The van der Waals surface area contributed by atoms with E-state index in [-0.39, 0.29) is 5.82 Å². The molecule has 0 aliphatic heterocycles. The Bertz CT molecular complexity index is 595. The van der Waals surface area contributed by atoms with Crippen LogP contribution in [-0.2, 0) is 4.74 Å². The predicted octanol–water partition coefficient (Wildman–Crippen LogP) is 3.14. The van der Waals surface area contributed by atoms with E-state index in [9.17, 15) is 4.79 Å². The van der Waals surface area contributed by atoms with Gasteiger partial charge in [0, 0.05) is 4.88 Å². The standard InChI is InChI=1S/C11H11ClN2O2S/c1-4-16-11(15)9-13-8(12)7-5(2)6(3)17-10(7)14-9/h4H2,1-3H3. The van der Waals surface area contributed by atoms with Gasteiger partial charge in [0.05, 0.1) is 12.0 Å². The molecule has 0 fully saturated rings. The number of rotatable bonds is 2. The molecule has 2 aromatic rings. The molecule has 0 N–H and O–H groups in total. The fraction of sp³-hybridized carbons (Fsp3) is 0.364. The molecule has 2 heterocycles. The lowest BCUT2D eigenvalue weighted by molar-refractivity contribution is 0.0512. The average Bonchev–Trinajstić information content (AvgIpc) is 2.55. The van der Waals surface area contributed by atoms with Crippen LogP contribution in [0.3, 0.4) is 0 Å². The summed E-state index contributed by atoms with van der Waals surface area (Å²) in [7, 11) is 0. The van der Waals surface area contributed by atoms with E-state index >= 15 is 0 Å². The van der Waals surface area contributed by atoms with Crippen LogP contribution in [0.15, 0.2) is 0 Å². The molecule has 2 rings (SSSR count). The third-order valence-corrected chi connectivity index (χ3v) is 3.82. The Morgan fingerprint density at radius 3 is 2.76 bits per heavy atom. The molecule has 4 nitrogen and oxygen atoms in total. The highest BCUT2D eigenvalue weighted by atomic mass is 35.5. The Morgan fingerprint density at radius 1 is 1.41 bits per heavy atom. The lowest BCUT2D eigenvalue weighted by Gasteiger charge is -2.01. The summed E-state index contributed by atoms with van der Waals surface area (Å²) in [4.78, 5) is 21.5. The van der Waals surface area contributed by atoms with Gasteiger partial charge in [-0.1, -0.05) is 11.6 Å². The highest BCUT2D eigenvalue weighted by molar-refractivity contribution is 7.18. The predicted molar refractivity (Wildman–Crippen MR) is 67.9 cm³/mol. The summed E-state index contributed by atoms with van der Waals surface area (Å²) in [6, 6.07) is 0. The minimum Gasteiger partial charge on any atom is -0.460 e. The maximum absolute atomic E-state index is 11.5. The molecule has 0 amide bonds. The zero-order valence-corrected chi connectivity index (χ0v) is 11.3. The number of ether oxygens (including phenoxy) is 1. The fourth-order valence-corrected chi connectivity index (χ4v) is 2.88. The maximum atomic E-state index is 11.5. The van der Waals surface area contributed by atoms with E-state index in [4.69, 9.17) is 16.3 Å². The Hall–Kier alpha value is -1.20. The van der Waals surface area contributed by atoms with Gasteiger partial charge in [-0.3, -0.25) is 0 Å². The largest absolute Gasteiger partial charge is 0.460 e. The number of halogens is 1. The van der Waals surface area contributed by atoms with Gasteiger partial charge >= 0.3 is 5.97 Å². The van der Waals surface area contributed by atoms with Crippen molar-refractivity contribution >= 4 is 39.1 Å². The van der Waals surface area contributed by atoms with Crippen LogP contribution in [0.2, 0.25) is 5.15 Å². The van der Waals surface area contributed by atoms with Gasteiger partial charge in [-0.2, -0.15) is 0 Å². The summed E-state index contributed by atoms with van der Waals surface area (Å²) in [6.07, 6.45) is 0. The van der Waals surface area contributed by atoms with Gasteiger partial charge in [-0.15, -0.1) is 11.3 Å². The minimum atomic E-state index is -0.542. The van der Waals surface area contributed by atoms with Gasteiger partial charge in [0.1, 0.15) is 9.98 Å². The number of aromatic nitrogens is 2.